The number of piperazine rings is 1. The topological polar surface area (TPSA) is 9.72 Å². The maximum Gasteiger partial charge on any atom is 0.0338 e. The van der Waals surface area contributed by atoms with Crippen molar-refractivity contribution in [2.45, 2.75) is 44.6 Å². The van der Waals surface area contributed by atoms with Crippen molar-refractivity contribution in [3.05, 3.63) is 0 Å². The van der Waals surface area contributed by atoms with Crippen molar-refractivity contribution in [3.8, 4) is 0 Å². The van der Waals surface area contributed by atoms with E-state index in [9.17, 15) is 0 Å². The second kappa shape index (κ2) is 5.71. The van der Waals surface area contributed by atoms with E-state index < -0.39 is 0 Å². The lowest BCUT2D eigenvalue weighted by molar-refractivity contribution is 0.0578. The Morgan fingerprint density at radius 3 is 2.42 bits per heavy atom. The van der Waals surface area contributed by atoms with Gasteiger partial charge < -0.3 is 9.80 Å². The van der Waals surface area contributed by atoms with Crippen molar-refractivity contribution < 1.29 is 0 Å². The van der Waals surface area contributed by atoms with Gasteiger partial charge in [-0.3, -0.25) is 4.90 Å². The molecule has 1 aliphatic carbocycles. The van der Waals surface area contributed by atoms with Crippen LogP contribution in [0.2, 0.25) is 0 Å². The molecule has 110 valence electrons. The molecule has 3 nitrogen and oxygen atoms in total. The zero-order valence-electron chi connectivity index (χ0n) is 12.9. The molecule has 1 saturated carbocycles. The third kappa shape index (κ3) is 3.14. The van der Waals surface area contributed by atoms with Gasteiger partial charge in [-0.1, -0.05) is 6.92 Å². The van der Waals surface area contributed by atoms with E-state index in [-0.39, 0.29) is 0 Å². The van der Waals surface area contributed by atoms with E-state index in [1.165, 1.54) is 77.9 Å². The summed E-state index contributed by atoms with van der Waals surface area (Å²) < 4.78 is 0. The average molecular weight is 265 g/mol. The molecule has 2 saturated heterocycles. The molecule has 19 heavy (non-hydrogen) atoms. The number of likely N-dealkylation sites (tertiary alicyclic amines) is 1. The Morgan fingerprint density at radius 2 is 1.79 bits per heavy atom. The second-order valence-electron chi connectivity index (χ2n) is 7.12. The molecule has 0 atom stereocenters. The van der Waals surface area contributed by atoms with E-state index in [1.54, 1.807) is 0 Å². The Morgan fingerprint density at radius 1 is 1.05 bits per heavy atom. The fourth-order valence-electron chi connectivity index (χ4n) is 4.11. The van der Waals surface area contributed by atoms with Crippen LogP contribution in [0.1, 0.15) is 39.0 Å². The van der Waals surface area contributed by atoms with Crippen LogP contribution in [0.3, 0.4) is 0 Å². The maximum atomic E-state index is 2.76. The highest BCUT2D eigenvalue weighted by Crippen LogP contribution is 2.44. The lowest BCUT2D eigenvalue weighted by Gasteiger charge is -2.42. The number of piperidine rings is 1. The molecule has 0 N–H and O–H groups in total. The normalized spacial score (nSPS) is 30.0. The zero-order valence-corrected chi connectivity index (χ0v) is 12.9. The monoisotopic (exact) mass is 265 g/mol. The molecule has 0 radical (unpaired) electrons. The largest absolute Gasteiger partial charge is 0.306 e. The molecule has 3 heteroatoms. The van der Waals surface area contributed by atoms with Gasteiger partial charge in [-0.2, -0.15) is 0 Å². The molecule has 2 aliphatic heterocycles. The lowest BCUT2D eigenvalue weighted by atomic mass is 9.93. The van der Waals surface area contributed by atoms with Crippen LogP contribution in [0.25, 0.3) is 0 Å². The van der Waals surface area contributed by atoms with Crippen LogP contribution < -0.4 is 0 Å². The van der Waals surface area contributed by atoms with Crippen molar-refractivity contribution in [2.24, 2.45) is 5.92 Å². The van der Waals surface area contributed by atoms with E-state index in [4.69, 9.17) is 0 Å². The number of nitrogens with zero attached hydrogens (tertiary/aromatic N) is 3. The highest BCUT2D eigenvalue weighted by molar-refractivity contribution is 5.07. The molecule has 0 amide bonds. The fraction of sp³-hybridized carbons (Fsp3) is 1.00. The third-order valence-electron chi connectivity index (χ3n) is 5.78. The molecule has 1 spiro atoms. The first-order valence-corrected chi connectivity index (χ1v) is 8.38. The smallest absolute Gasteiger partial charge is 0.0338 e. The summed E-state index contributed by atoms with van der Waals surface area (Å²) in [4.78, 5) is 7.98. The highest BCUT2D eigenvalue weighted by atomic mass is 15.3. The lowest BCUT2D eigenvalue weighted by Crippen LogP contribution is -2.55. The Kier molecular flexibility index (Phi) is 4.16. The summed E-state index contributed by atoms with van der Waals surface area (Å²) in [5.74, 6) is 0.996. The van der Waals surface area contributed by atoms with Crippen molar-refractivity contribution >= 4 is 0 Å². The third-order valence-corrected chi connectivity index (χ3v) is 5.78. The average Bonchev–Trinajstić information content (AvgIpc) is 3.18. The molecular weight excluding hydrogens is 234 g/mol. The first-order chi connectivity index (χ1) is 9.22. The summed E-state index contributed by atoms with van der Waals surface area (Å²) >= 11 is 0. The number of likely N-dealkylation sites (N-methyl/N-ethyl adjacent to an activating group) is 1. The van der Waals surface area contributed by atoms with Gasteiger partial charge in [-0.15, -0.1) is 0 Å². The number of rotatable bonds is 4. The maximum absolute atomic E-state index is 2.76. The van der Waals surface area contributed by atoms with E-state index >= 15 is 0 Å². The Hall–Kier alpha value is -0.120. The second-order valence-corrected chi connectivity index (χ2v) is 7.12. The van der Waals surface area contributed by atoms with E-state index in [1.807, 2.05) is 0 Å². The summed E-state index contributed by atoms with van der Waals surface area (Å²) in [6.45, 7) is 11.5. The van der Waals surface area contributed by atoms with Gasteiger partial charge in [0.2, 0.25) is 0 Å². The summed E-state index contributed by atoms with van der Waals surface area (Å²) in [5, 5.41) is 0. The minimum absolute atomic E-state index is 0.611. The van der Waals surface area contributed by atoms with Crippen molar-refractivity contribution in [1.82, 2.24) is 14.7 Å². The minimum atomic E-state index is 0.611. The number of hydrogen-bond acceptors (Lipinski definition) is 3. The summed E-state index contributed by atoms with van der Waals surface area (Å²) in [7, 11) is 2.26. The minimum Gasteiger partial charge on any atom is -0.306 e. The van der Waals surface area contributed by atoms with Gasteiger partial charge in [0.15, 0.2) is 0 Å². The zero-order chi connectivity index (χ0) is 13.3. The van der Waals surface area contributed by atoms with Crippen LogP contribution >= 0.6 is 0 Å². The summed E-state index contributed by atoms with van der Waals surface area (Å²) in [6, 6.07) is 0. The van der Waals surface area contributed by atoms with Crippen LogP contribution in [0.4, 0.5) is 0 Å². The first-order valence-electron chi connectivity index (χ1n) is 8.38. The summed E-state index contributed by atoms with van der Waals surface area (Å²) in [6.07, 6.45) is 7.19. The van der Waals surface area contributed by atoms with Gasteiger partial charge >= 0.3 is 0 Å². The predicted octanol–water partition coefficient (Wildman–Crippen LogP) is 1.89. The van der Waals surface area contributed by atoms with Crippen molar-refractivity contribution in [1.29, 1.82) is 0 Å². The molecule has 3 rings (SSSR count). The standard InChI is InChI=1S/C16H31N3/c1-3-19-13-12-18(14-16(19)7-8-16)11-6-15-4-9-17(2)10-5-15/h15H,3-14H2,1-2H3. The molecule has 0 aromatic rings. The fourth-order valence-corrected chi connectivity index (χ4v) is 4.11. The molecule has 3 fully saturated rings. The quantitative estimate of drug-likeness (QED) is 0.768. The molecule has 0 bridgehead atoms. The Labute approximate surface area is 118 Å². The van der Waals surface area contributed by atoms with Crippen LogP contribution in [0.15, 0.2) is 0 Å². The predicted molar refractivity (Wildman–Crippen MR) is 80.5 cm³/mol. The highest BCUT2D eigenvalue weighted by Gasteiger charge is 2.50. The van der Waals surface area contributed by atoms with Crippen LogP contribution in [0, 0.1) is 5.92 Å². The van der Waals surface area contributed by atoms with E-state index in [2.05, 4.69) is 28.7 Å². The summed E-state index contributed by atoms with van der Waals surface area (Å²) in [5.41, 5.74) is 0.611. The van der Waals surface area contributed by atoms with Gasteiger partial charge in [0.1, 0.15) is 0 Å². The molecule has 3 aliphatic rings. The Balaban J connectivity index is 1.42. The van der Waals surface area contributed by atoms with Crippen LogP contribution in [-0.2, 0) is 0 Å². The Bertz CT molecular complexity index is 292. The van der Waals surface area contributed by atoms with Gasteiger partial charge in [0, 0.05) is 25.2 Å². The van der Waals surface area contributed by atoms with Crippen LogP contribution in [-0.4, -0.2) is 73.1 Å². The van der Waals surface area contributed by atoms with E-state index in [0.29, 0.717) is 5.54 Å². The molecule has 2 heterocycles. The molecular formula is C16H31N3. The van der Waals surface area contributed by atoms with Gasteiger partial charge in [-0.05, 0) is 71.2 Å². The molecule has 0 unspecified atom stereocenters. The van der Waals surface area contributed by atoms with Crippen LogP contribution in [0.5, 0.6) is 0 Å². The van der Waals surface area contributed by atoms with Gasteiger partial charge in [-0.25, -0.2) is 0 Å². The van der Waals surface area contributed by atoms with Gasteiger partial charge in [0.05, 0.1) is 0 Å². The first kappa shape index (κ1) is 13.8. The SMILES string of the molecule is CCN1CCN(CCC2CCN(C)CC2)CC12CC2. The molecule has 0 aromatic heterocycles. The van der Waals surface area contributed by atoms with Gasteiger partial charge in [0.25, 0.3) is 0 Å². The van der Waals surface area contributed by atoms with Crippen molar-refractivity contribution in [3.63, 3.8) is 0 Å². The van der Waals surface area contributed by atoms with Crippen molar-refractivity contribution in [2.75, 3.05) is 52.9 Å². The molecule has 0 aromatic carbocycles. The van der Waals surface area contributed by atoms with E-state index in [0.717, 1.165) is 5.92 Å². The number of hydrogen-bond donors (Lipinski definition) is 0.